The van der Waals surface area contributed by atoms with Gasteiger partial charge in [0.25, 0.3) is 17.4 Å². The first-order valence-electron chi connectivity index (χ1n) is 11.0. The molecule has 1 N–H and O–H groups in total. The number of nitrogens with zero attached hydrogens (tertiary/aromatic N) is 3. The largest absolute Gasteiger partial charge is 0.348 e. The molecule has 1 aromatic heterocycles. The Labute approximate surface area is 193 Å². The van der Waals surface area contributed by atoms with E-state index in [4.69, 9.17) is 0 Å². The fourth-order valence-electron chi connectivity index (χ4n) is 4.31. The summed E-state index contributed by atoms with van der Waals surface area (Å²) in [5.74, 6) is -0.653. The summed E-state index contributed by atoms with van der Waals surface area (Å²) in [7, 11) is -3.23. The van der Waals surface area contributed by atoms with Crippen LogP contribution >= 0.6 is 0 Å². The zero-order valence-corrected chi connectivity index (χ0v) is 19.7. The highest BCUT2D eigenvalue weighted by Gasteiger charge is 2.32. The van der Waals surface area contributed by atoms with Crippen LogP contribution in [0.1, 0.15) is 44.0 Å². The molecule has 33 heavy (non-hydrogen) atoms. The Balaban J connectivity index is 1.48. The van der Waals surface area contributed by atoms with Crippen LogP contribution < -0.4 is 10.9 Å². The second-order valence-electron chi connectivity index (χ2n) is 8.58. The maximum atomic E-state index is 13.1. The predicted octanol–water partition coefficient (Wildman–Crippen LogP) is 0.886. The third-order valence-corrected chi connectivity index (χ3v) is 8.16. The number of aryl methyl sites for hydroxylation is 2. The van der Waals surface area contributed by atoms with Gasteiger partial charge in [0.05, 0.1) is 5.75 Å². The SMILES string of the molecule is Cc1ccc(CNC(=O)c2cc(C)c3n(c2=O)CCN(CCN2CCCS2(=O)=O)C3=O)cc1. The highest BCUT2D eigenvalue weighted by molar-refractivity contribution is 7.89. The van der Waals surface area contributed by atoms with Crippen molar-refractivity contribution in [1.82, 2.24) is 19.1 Å². The first kappa shape index (κ1) is 23.2. The molecule has 0 saturated carbocycles. The van der Waals surface area contributed by atoms with Gasteiger partial charge in [-0.3, -0.25) is 14.4 Å². The van der Waals surface area contributed by atoms with E-state index in [1.807, 2.05) is 31.2 Å². The maximum absolute atomic E-state index is 13.1. The minimum absolute atomic E-state index is 0.00720. The van der Waals surface area contributed by atoms with Crippen molar-refractivity contribution >= 4 is 21.8 Å². The number of benzene rings is 1. The van der Waals surface area contributed by atoms with Crippen LogP contribution in [0.3, 0.4) is 0 Å². The van der Waals surface area contributed by atoms with Gasteiger partial charge in [-0.2, -0.15) is 0 Å². The Morgan fingerprint density at radius 3 is 2.42 bits per heavy atom. The number of rotatable bonds is 6. The summed E-state index contributed by atoms with van der Waals surface area (Å²) in [6.07, 6.45) is 0.600. The zero-order chi connectivity index (χ0) is 23.8. The fourth-order valence-corrected chi connectivity index (χ4v) is 5.83. The lowest BCUT2D eigenvalue weighted by atomic mass is 10.1. The monoisotopic (exact) mass is 472 g/mol. The van der Waals surface area contributed by atoms with Crippen molar-refractivity contribution < 1.29 is 18.0 Å². The summed E-state index contributed by atoms with van der Waals surface area (Å²) < 4.78 is 26.8. The zero-order valence-electron chi connectivity index (χ0n) is 18.8. The first-order chi connectivity index (χ1) is 15.7. The second kappa shape index (κ2) is 9.11. The van der Waals surface area contributed by atoms with E-state index in [0.29, 0.717) is 25.1 Å². The number of sulfonamides is 1. The summed E-state index contributed by atoms with van der Waals surface area (Å²) in [4.78, 5) is 40.4. The van der Waals surface area contributed by atoms with Crippen LogP contribution in [0.2, 0.25) is 0 Å². The van der Waals surface area contributed by atoms with Gasteiger partial charge in [-0.15, -0.1) is 0 Å². The van der Waals surface area contributed by atoms with Crippen LogP contribution in [0.4, 0.5) is 0 Å². The lowest BCUT2D eigenvalue weighted by molar-refractivity contribution is 0.0690. The molecule has 4 rings (SSSR count). The van der Waals surface area contributed by atoms with Crippen LogP contribution in [0, 0.1) is 13.8 Å². The molecule has 9 nitrogen and oxygen atoms in total. The third kappa shape index (κ3) is 4.72. The van der Waals surface area contributed by atoms with E-state index >= 15 is 0 Å². The standard InChI is InChI=1S/C23H28N4O5S/c1-16-4-6-18(7-5-16)15-24-21(28)19-14-17(2)20-23(30)25(10-12-27(20)22(19)29)9-11-26-8-3-13-33(26,31)32/h4-7,14H,3,8-13,15H2,1-2H3,(H,24,28). The number of carbonyl (C=O) groups is 2. The van der Waals surface area contributed by atoms with Crippen LogP contribution in [0.5, 0.6) is 0 Å². The van der Waals surface area contributed by atoms with E-state index in [1.165, 1.54) is 14.9 Å². The Morgan fingerprint density at radius 2 is 1.76 bits per heavy atom. The van der Waals surface area contributed by atoms with Crippen molar-refractivity contribution in [2.45, 2.75) is 33.4 Å². The minimum Gasteiger partial charge on any atom is -0.348 e. The van der Waals surface area contributed by atoms with Crippen molar-refractivity contribution in [3.05, 3.63) is 68.6 Å². The van der Waals surface area contributed by atoms with E-state index in [0.717, 1.165) is 11.1 Å². The molecular weight excluding hydrogens is 444 g/mol. The number of hydrogen-bond donors (Lipinski definition) is 1. The highest BCUT2D eigenvalue weighted by Crippen LogP contribution is 2.18. The first-order valence-corrected chi connectivity index (χ1v) is 12.6. The van der Waals surface area contributed by atoms with Gasteiger partial charge >= 0.3 is 0 Å². The molecule has 1 fully saturated rings. The number of aromatic nitrogens is 1. The van der Waals surface area contributed by atoms with Crippen molar-refractivity contribution in [2.75, 3.05) is 31.9 Å². The molecule has 0 aliphatic carbocycles. The Kier molecular flexibility index (Phi) is 6.40. The number of carbonyl (C=O) groups excluding carboxylic acids is 2. The van der Waals surface area contributed by atoms with Gasteiger partial charge in [-0.05, 0) is 37.5 Å². The van der Waals surface area contributed by atoms with E-state index in [-0.39, 0.29) is 49.1 Å². The molecule has 0 bridgehead atoms. The molecule has 2 aromatic rings. The Morgan fingerprint density at radius 1 is 1.03 bits per heavy atom. The van der Waals surface area contributed by atoms with Gasteiger partial charge in [-0.1, -0.05) is 29.8 Å². The highest BCUT2D eigenvalue weighted by atomic mass is 32.2. The topological polar surface area (TPSA) is 109 Å². The normalized spacial score (nSPS) is 17.8. The average molecular weight is 473 g/mol. The van der Waals surface area contributed by atoms with Crippen molar-refractivity contribution in [3.63, 3.8) is 0 Å². The molecular formula is C23H28N4O5S. The van der Waals surface area contributed by atoms with Crippen LogP contribution in [-0.2, 0) is 23.1 Å². The third-order valence-electron chi connectivity index (χ3n) is 6.20. The van der Waals surface area contributed by atoms with Crippen molar-refractivity contribution in [3.8, 4) is 0 Å². The van der Waals surface area contributed by atoms with Gasteiger partial charge < -0.3 is 14.8 Å². The predicted molar refractivity (Wildman–Crippen MR) is 124 cm³/mol. The van der Waals surface area contributed by atoms with Gasteiger partial charge in [0.1, 0.15) is 11.3 Å². The summed E-state index contributed by atoms with van der Waals surface area (Å²) in [5.41, 5.74) is 2.35. The van der Waals surface area contributed by atoms with Crippen LogP contribution in [0.25, 0.3) is 0 Å². The quantitative estimate of drug-likeness (QED) is 0.672. The molecule has 1 aromatic carbocycles. The van der Waals surface area contributed by atoms with E-state index in [9.17, 15) is 22.8 Å². The van der Waals surface area contributed by atoms with E-state index in [1.54, 1.807) is 11.8 Å². The molecule has 2 aliphatic rings. The summed E-state index contributed by atoms with van der Waals surface area (Å²) in [6, 6.07) is 9.21. The Hall–Kier alpha value is -2.98. The fraction of sp³-hybridized carbons (Fsp3) is 0.435. The summed E-state index contributed by atoms with van der Waals surface area (Å²) >= 11 is 0. The second-order valence-corrected chi connectivity index (χ2v) is 10.7. The summed E-state index contributed by atoms with van der Waals surface area (Å²) in [6.45, 7) is 5.51. The van der Waals surface area contributed by atoms with Gasteiger partial charge in [0.2, 0.25) is 10.0 Å². The molecule has 0 unspecified atom stereocenters. The molecule has 3 heterocycles. The van der Waals surface area contributed by atoms with Gasteiger partial charge in [0, 0.05) is 39.3 Å². The van der Waals surface area contributed by atoms with Gasteiger partial charge in [-0.25, -0.2) is 12.7 Å². The molecule has 0 radical (unpaired) electrons. The van der Waals surface area contributed by atoms with Crippen LogP contribution in [-0.4, -0.2) is 65.9 Å². The molecule has 2 aliphatic heterocycles. The average Bonchev–Trinajstić information content (AvgIpc) is 3.12. The molecule has 0 spiro atoms. The molecule has 0 atom stereocenters. The number of amides is 2. The van der Waals surface area contributed by atoms with Gasteiger partial charge in [0.15, 0.2) is 0 Å². The van der Waals surface area contributed by atoms with Crippen LogP contribution in [0.15, 0.2) is 35.1 Å². The van der Waals surface area contributed by atoms with E-state index < -0.39 is 21.5 Å². The number of hydrogen-bond acceptors (Lipinski definition) is 5. The molecule has 2 amide bonds. The lowest BCUT2D eigenvalue weighted by Crippen LogP contribution is -2.48. The summed E-state index contributed by atoms with van der Waals surface area (Å²) in [5, 5.41) is 2.78. The maximum Gasteiger partial charge on any atom is 0.270 e. The molecule has 10 heteroatoms. The van der Waals surface area contributed by atoms with Crippen molar-refractivity contribution in [2.24, 2.45) is 0 Å². The van der Waals surface area contributed by atoms with Crippen molar-refractivity contribution in [1.29, 1.82) is 0 Å². The smallest absolute Gasteiger partial charge is 0.270 e. The number of pyridine rings is 1. The number of fused-ring (bicyclic) bond motifs is 1. The Bertz CT molecular complexity index is 1250. The lowest BCUT2D eigenvalue weighted by Gasteiger charge is -2.31. The van der Waals surface area contributed by atoms with E-state index in [2.05, 4.69) is 5.32 Å². The number of nitrogens with one attached hydrogen (secondary N) is 1. The molecule has 176 valence electrons. The minimum atomic E-state index is -3.23. The molecule has 1 saturated heterocycles.